The monoisotopic (exact) mass is 451 g/mol. The molecule has 33 heavy (non-hydrogen) atoms. The summed E-state index contributed by atoms with van der Waals surface area (Å²) < 4.78 is 5.81. The van der Waals surface area contributed by atoms with Crippen molar-refractivity contribution in [2.24, 2.45) is 0 Å². The van der Waals surface area contributed by atoms with Gasteiger partial charge in [-0.25, -0.2) is 0 Å². The highest BCUT2D eigenvalue weighted by atomic mass is 16.5. The van der Waals surface area contributed by atoms with E-state index in [1.54, 1.807) is 47.6 Å². The fourth-order valence-corrected chi connectivity index (χ4v) is 4.00. The topological polar surface area (TPSA) is 83.0 Å². The number of nitrogens with zero attached hydrogens (tertiary/aromatic N) is 3. The number of aryl methyl sites for hydroxylation is 1. The van der Waals surface area contributed by atoms with Crippen LogP contribution in [0.2, 0.25) is 0 Å². The number of aliphatic hydroxyl groups is 1. The summed E-state index contributed by atoms with van der Waals surface area (Å²) in [6.45, 7) is 5.83. The van der Waals surface area contributed by atoms with Crippen molar-refractivity contribution >= 4 is 17.4 Å². The molecule has 1 N–H and O–H groups in total. The van der Waals surface area contributed by atoms with Gasteiger partial charge < -0.3 is 19.6 Å². The molecule has 7 heteroatoms. The Labute approximate surface area is 195 Å². The summed E-state index contributed by atoms with van der Waals surface area (Å²) in [6, 6.07) is 8.22. The summed E-state index contributed by atoms with van der Waals surface area (Å²) in [5.74, 6) is -0.684. The first-order valence-corrected chi connectivity index (χ1v) is 11.4. The number of unbranched alkanes of at least 4 members (excludes halogenated alkanes) is 1. The summed E-state index contributed by atoms with van der Waals surface area (Å²) in [5, 5.41) is 11.2. The molecule has 7 nitrogen and oxygen atoms in total. The standard InChI is InChI=1S/C26H33N3O4/c1-5-6-16-33-21-9-8-20(17-18(21)2)24(30)22-23(19-10-12-27-13-11-19)29(26(32)25(22)31)15-7-14-28(3)4/h8-13,17,23,30H,5-7,14-16H2,1-4H3/b24-22+. The van der Waals surface area contributed by atoms with Crippen molar-refractivity contribution in [3.8, 4) is 5.75 Å². The van der Waals surface area contributed by atoms with E-state index in [0.717, 1.165) is 36.3 Å². The number of benzene rings is 1. The van der Waals surface area contributed by atoms with Gasteiger partial charge in [-0.2, -0.15) is 0 Å². The van der Waals surface area contributed by atoms with Crippen LogP contribution in [0.5, 0.6) is 5.75 Å². The zero-order valence-electron chi connectivity index (χ0n) is 19.9. The molecule has 1 amide bonds. The molecule has 0 bridgehead atoms. The maximum Gasteiger partial charge on any atom is 0.295 e. The third-order valence-corrected chi connectivity index (χ3v) is 5.77. The Bertz CT molecular complexity index is 1020. The fraction of sp³-hybridized carbons (Fsp3) is 0.423. The van der Waals surface area contributed by atoms with Gasteiger partial charge in [0.05, 0.1) is 18.2 Å². The van der Waals surface area contributed by atoms with Crippen LogP contribution in [0.1, 0.15) is 48.9 Å². The minimum atomic E-state index is -0.667. The summed E-state index contributed by atoms with van der Waals surface area (Å²) in [4.78, 5) is 33.7. The van der Waals surface area contributed by atoms with Gasteiger partial charge in [0.25, 0.3) is 11.7 Å². The smallest absolute Gasteiger partial charge is 0.295 e. The van der Waals surface area contributed by atoms with E-state index >= 15 is 0 Å². The average molecular weight is 452 g/mol. The summed E-state index contributed by atoms with van der Waals surface area (Å²) in [7, 11) is 3.93. The number of hydrogen-bond acceptors (Lipinski definition) is 6. The van der Waals surface area contributed by atoms with Crippen LogP contribution in [0.3, 0.4) is 0 Å². The van der Waals surface area contributed by atoms with Gasteiger partial charge in [0.1, 0.15) is 11.5 Å². The molecule has 1 aromatic carbocycles. The van der Waals surface area contributed by atoms with Crippen molar-refractivity contribution in [3.05, 3.63) is 65.0 Å². The summed E-state index contributed by atoms with van der Waals surface area (Å²) in [6.07, 6.45) is 5.97. The van der Waals surface area contributed by atoms with E-state index < -0.39 is 17.7 Å². The number of aromatic nitrogens is 1. The van der Waals surface area contributed by atoms with Crippen molar-refractivity contribution in [1.29, 1.82) is 0 Å². The lowest BCUT2D eigenvalue weighted by Gasteiger charge is -2.25. The minimum absolute atomic E-state index is 0.107. The molecular formula is C26H33N3O4. The Hall–Kier alpha value is -3.19. The van der Waals surface area contributed by atoms with Crippen LogP contribution in [0.25, 0.3) is 5.76 Å². The number of hydrogen-bond donors (Lipinski definition) is 1. The van der Waals surface area contributed by atoms with Crippen molar-refractivity contribution in [2.45, 2.75) is 39.2 Å². The van der Waals surface area contributed by atoms with Gasteiger partial charge >= 0.3 is 0 Å². The third kappa shape index (κ3) is 5.60. The Balaban J connectivity index is 1.99. The van der Waals surface area contributed by atoms with Crippen molar-refractivity contribution in [2.75, 3.05) is 33.8 Å². The van der Waals surface area contributed by atoms with Crippen LogP contribution in [0, 0.1) is 6.92 Å². The van der Waals surface area contributed by atoms with Crippen molar-refractivity contribution in [3.63, 3.8) is 0 Å². The number of likely N-dealkylation sites (tertiary alicyclic amines) is 1. The largest absolute Gasteiger partial charge is 0.507 e. The number of ketones is 1. The van der Waals surface area contributed by atoms with E-state index in [4.69, 9.17) is 4.74 Å². The Kier molecular flexibility index (Phi) is 8.22. The number of aliphatic hydroxyl groups excluding tert-OH is 1. The molecule has 3 rings (SSSR count). The first kappa shape index (κ1) is 24.5. The highest BCUT2D eigenvalue weighted by Gasteiger charge is 2.45. The quantitative estimate of drug-likeness (QED) is 0.255. The molecule has 0 radical (unpaired) electrons. The molecule has 1 aliphatic rings. The molecule has 1 aliphatic heterocycles. The highest BCUT2D eigenvalue weighted by molar-refractivity contribution is 6.46. The molecule has 1 aromatic heterocycles. The highest BCUT2D eigenvalue weighted by Crippen LogP contribution is 2.39. The van der Waals surface area contributed by atoms with Gasteiger partial charge in [0.2, 0.25) is 0 Å². The lowest BCUT2D eigenvalue weighted by atomic mass is 9.95. The minimum Gasteiger partial charge on any atom is -0.507 e. The molecule has 2 aromatic rings. The zero-order chi connectivity index (χ0) is 24.0. The second-order valence-electron chi connectivity index (χ2n) is 8.61. The third-order valence-electron chi connectivity index (χ3n) is 5.77. The van der Waals surface area contributed by atoms with E-state index in [0.29, 0.717) is 25.1 Å². The van der Waals surface area contributed by atoms with Crippen LogP contribution in [0.15, 0.2) is 48.3 Å². The molecule has 1 unspecified atom stereocenters. The predicted molar refractivity (Wildman–Crippen MR) is 128 cm³/mol. The Morgan fingerprint density at radius 3 is 2.52 bits per heavy atom. The first-order valence-electron chi connectivity index (χ1n) is 11.4. The van der Waals surface area contributed by atoms with Crippen LogP contribution in [0.4, 0.5) is 0 Å². The lowest BCUT2D eigenvalue weighted by Crippen LogP contribution is -2.32. The molecule has 0 saturated carbocycles. The number of carbonyl (C=O) groups is 2. The predicted octanol–water partition coefficient (Wildman–Crippen LogP) is 3.94. The maximum absolute atomic E-state index is 13.1. The van der Waals surface area contributed by atoms with Gasteiger partial charge in [-0.3, -0.25) is 14.6 Å². The number of ether oxygens (including phenoxy) is 1. The summed E-state index contributed by atoms with van der Waals surface area (Å²) >= 11 is 0. The van der Waals surface area contributed by atoms with Crippen molar-refractivity contribution < 1.29 is 19.4 Å². The van der Waals surface area contributed by atoms with E-state index in [-0.39, 0.29) is 11.3 Å². The van der Waals surface area contributed by atoms with Gasteiger partial charge in [-0.05, 0) is 81.9 Å². The SMILES string of the molecule is CCCCOc1ccc(/C(O)=C2\C(=O)C(=O)N(CCCN(C)C)C2c2ccncc2)cc1C. The van der Waals surface area contributed by atoms with Crippen molar-refractivity contribution in [1.82, 2.24) is 14.8 Å². The van der Waals surface area contributed by atoms with Gasteiger partial charge in [0.15, 0.2) is 0 Å². The van der Waals surface area contributed by atoms with Crippen LogP contribution >= 0.6 is 0 Å². The van der Waals surface area contributed by atoms with E-state index in [1.807, 2.05) is 25.9 Å². The molecule has 0 aliphatic carbocycles. The fourth-order valence-electron chi connectivity index (χ4n) is 4.00. The second-order valence-corrected chi connectivity index (χ2v) is 8.61. The van der Waals surface area contributed by atoms with Crippen LogP contribution in [-0.4, -0.2) is 65.4 Å². The zero-order valence-corrected chi connectivity index (χ0v) is 19.9. The molecule has 1 atom stereocenters. The van der Waals surface area contributed by atoms with Crippen LogP contribution < -0.4 is 4.74 Å². The Morgan fingerprint density at radius 2 is 1.88 bits per heavy atom. The Morgan fingerprint density at radius 1 is 1.15 bits per heavy atom. The molecular weight excluding hydrogens is 418 g/mol. The van der Waals surface area contributed by atoms with Crippen LogP contribution in [-0.2, 0) is 9.59 Å². The number of amides is 1. The van der Waals surface area contributed by atoms with E-state index in [2.05, 4.69) is 11.9 Å². The molecule has 2 heterocycles. The average Bonchev–Trinajstić information content (AvgIpc) is 3.05. The normalized spacial score (nSPS) is 17.7. The summed E-state index contributed by atoms with van der Waals surface area (Å²) in [5.41, 5.74) is 2.19. The number of rotatable bonds is 10. The number of carbonyl (C=O) groups excluding carboxylic acids is 2. The molecule has 1 fully saturated rings. The molecule has 1 saturated heterocycles. The molecule has 176 valence electrons. The number of pyridine rings is 1. The van der Waals surface area contributed by atoms with Gasteiger partial charge in [0, 0.05) is 24.5 Å². The lowest BCUT2D eigenvalue weighted by molar-refractivity contribution is -0.139. The van der Waals surface area contributed by atoms with Gasteiger partial charge in [-0.15, -0.1) is 0 Å². The maximum atomic E-state index is 13.1. The van der Waals surface area contributed by atoms with Gasteiger partial charge in [-0.1, -0.05) is 13.3 Å². The van der Waals surface area contributed by atoms with E-state index in [1.165, 1.54) is 0 Å². The first-order chi connectivity index (χ1) is 15.8. The molecule has 0 spiro atoms. The number of Topliss-reactive ketones (excluding diaryl/α,β-unsaturated/α-hetero) is 1. The second kappa shape index (κ2) is 11.1. The van der Waals surface area contributed by atoms with E-state index in [9.17, 15) is 14.7 Å².